The molecule has 2 atom stereocenters. The van der Waals surface area contributed by atoms with Gasteiger partial charge in [0.15, 0.2) is 14.4 Å². The van der Waals surface area contributed by atoms with E-state index in [2.05, 4.69) is 43.9 Å². The summed E-state index contributed by atoms with van der Waals surface area (Å²) in [5, 5.41) is 15.2. The molecule has 0 aliphatic heterocycles. The van der Waals surface area contributed by atoms with Crippen molar-refractivity contribution < 1.29 is 14.3 Å². The number of amides is 1. The highest BCUT2D eigenvalue weighted by atomic mass is 28.4. The molecule has 0 radical (unpaired) electrons. The maximum atomic E-state index is 11.0. The molecular weight excluding hydrogens is 360 g/mol. The average molecular weight is 391 g/mol. The number of hydrogen-bond acceptors (Lipinski definition) is 5. The van der Waals surface area contributed by atoms with Crippen LogP contribution in [0.4, 0.5) is 4.79 Å². The summed E-state index contributed by atoms with van der Waals surface area (Å²) in [5.41, 5.74) is 10.3. The molecule has 1 aliphatic rings. The lowest BCUT2D eigenvalue weighted by Gasteiger charge is -2.37. The van der Waals surface area contributed by atoms with Gasteiger partial charge in [-0.1, -0.05) is 39.0 Å². The largest absolute Gasteiger partial charge is 0.530 e. The molecule has 1 aromatic carbocycles. The van der Waals surface area contributed by atoms with Crippen molar-refractivity contribution in [1.82, 2.24) is 9.81 Å². The molecule has 0 saturated heterocycles. The van der Waals surface area contributed by atoms with Crippen LogP contribution in [0.5, 0.6) is 0 Å². The van der Waals surface area contributed by atoms with Crippen molar-refractivity contribution in [3.05, 3.63) is 34.9 Å². The molecule has 2 rings (SSSR count). The Morgan fingerprint density at radius 1 is 1.44 bits per heavy atom. The summed E-state index contributed by atoms with van der Waals surface area (Å²) in [4.78, 5) is 15.4. The third-order valence-corrected chi connectivity index (χ3v) is 10.3. The van der Waals surface area contributed by atoms with Crippen LogP contribution < -0.4 is 10.0 Å². The minimum Gasteiger partial charge on any atom is -0.530 e. The first kappa shape index (κ1) is 21.3. The van der Waals surface area contributed by atoms with E-state index >= 15 is 0 Å². The van der Waals surface area contributed by atoms with E-state index in [9.17, 15) is 9.90 Å². The van der Waals surface area contributed by atoms with Gasteiger partial charge in [-0.2, -0.15) is 0 Å². The summed E-state index contributed by atoms with van der Waals surface area (Å²) >= 11 is 0. The average Bonchev–Trinajstić information content (AvgIpc) is 2.89. The summed E-state index contributed by atoms with van der Waals surface area (Å²) < 4.78 is 6.39. The summed E-state index contributed by atoms with van der Waals surface area (Å²) in [6.07, 6.45) is -0.386. The molecule has 1 aromatic rings. The summed E-state index contributed by atoms with van der Waals surface area (Å²) in [6.45, 7) is 11.9. The van der Waals surface area contributed by atoms with E-state index in [1.54, 1.807) is 0 Å². The van der Waals surface area contributed by atoms with E-state index in [-0.39, 0.29) is 23.5 Å². The molecule has 0 fully saturated rings. The van der Waals surface area contributed by atoms with Gasteiger partial charge in [0.1, 0.15) is 16.7 Å². The van der Waals surface area contributed by atoms with Crippen LogP contribution in [0.1, 0.15) is 43.5 Å². The van der Waals surface area contributed by atoms with Crippen molar-refractivity contribution in [2.75, 3.05) is 13.7 Å². The van der Waals surface area contributed by atoms with Crippen molar-refractivity contribution in [1.29, 1.82) is 5.53 Å². The van der Waals surface area contributed by atoms with Gasteiger partial charge in [0.2, 0.25) is 4.91 Å². The van der Waals surface area contributed by atoms with Gasteiger partial charge in [0.25, 0.3) is 0 Å². The molecule has 0 bridgehead atoms. The number of rotatable bonds is 6. The number of carbonyl (C=O) groups is 1. The number of hydrogen-bond donors (Lipinski definition) is 1. The number of carboxylic acid groups (broad SMARTS) is 1. The Morgan fingerprint density at radius 2 is 2.11 bits per heavy atom. The molecule has 0 saturated carbocycles. The van der Waals surface area contributed by atoms with Gasteiger partial charge in [-0.15, -0.1) is 0 Å². The van der Waals surface area contributed by atoms with Crippen molar-refractivity contribution in [2.45, 2.75) is 57.9 Å². The van der Waals surface area contributed by atoms with Crippen LogP contribution in [0.25, 0.3) is 0 Å². The zero-order valence-electron chi connectivity index (χ0n) is 17.1. The minimum absolute atomic E-state index is 0.132. The van der Waals surface area contributed by atoms with Gasteiger partial charge in [-0.3, -0.25) is 0 Å². The predicted octanol–water partition coefficient (Wildman–Crippen LogP) is 3.25. The fraction of sp³-hybridized carbons (Fsp3) is 0.632. The van der Waals surface area contributed by atoms with Crippen molar-refractivity contribution in [2.24, 2.45) is 11.0 Å². The number of nitrogens with zero attached hydrogens (tertiary/aromatic N) is 3. The van der Waals surface area contributed by atoms with E-state index in [4.69, 9.17) is 9.96 Å². The second kappa shape index (κ2) is 7.92. The molecule has 8 heteroatoms. The van der Waals surface area contributed by atoms with E-state index in [1.165, 1.54) is 7.05 Å². The molecule has 1 aliphatic carbocycles. The van der Waals surface area contributed by atoms with Gasteiger partial charge >= 0.3 is 0 Å². The maximum absolute atomic E-state index is 11.0. The number of fused-ring (bicyclic) bond motifs is 1. The quantitative estimate of drug-likeness (QED) is 0.458. The maximum Gasteiger partial charge on any atom is 0.214 e. The Labute approximate surface area is 162 Å². The molecule has 0 unspecified atom stereocenters. The normalized spacial score (nSPS) is 19.3. The number of carbonyl (C=O) groups excluding carboxylic acids is 1. The topological polar surface area (TPSA) is 103 Å². The second-order valence-electron chi connectivity index (χ2n) is 8.85. The zero-order chi connectivity index (χ0) is 20.4. The highest BCUT2D eigenvalue weighted by molar-refractivity contribution is 6.74. The molecule has 0 heterocycles. The Hall–Kier alpha value is -2.02. The van der Waals surface area contributed by atoms with E-state index < -0.39 is 14.4 Å². The van der Waals surface area contributed by atoms with E-state index in [0.29, 0.717) is 6.61 Å². The third kappa shape index (κ3) is 4.83. The standard InChI is InChI=1S/C19H30N4O3Si/c1-19(2,3)27(5,6)26-12-15-10-14-8-7-13(11-23(4)18(24)25)9-16(14)17(15)21-22-20/h7-9,15,17,20H,10-12H2,1-6H3/t15-,17-/m1/s1. The van der Waals surface area contributed by atoms with Gasteiger partial charge in [-0.25, -0.2) is 0 Å². The number of nitrogens with one attached hydrogen (secondary N) is 1. The third-order valence-electron chi connectivity index (χ3n) is 5.84. The molecule has 1 N–H and O–H groups in total. The molecule has 7 nitrogen and oxygen atoms in total. The van der Waals surface area contributed by atoms with Crippen LogP contribution in [0.3, 0.4) is 0 Å². The molecule has 148 valence electrons. The highest BCUT2D eigenvalue weighted by Gasteiger charge is 2.41. The van der Waals surface area contributed by atoms with Gasteiger partial charge in [-0.05, 0) is 41.2 Å². The van der Waals surface area contributed by atoms with Crippen molar-refractivity contribution in [3.63, 3.8) is 0 Å². The predicted molar refractivity (Wildman–Crippen MR) is 104 cm³/mol. The van der Waals surface area contributed by atoms with Crippen molar-refractivity contribution in [3.8, 4) is 0 Å². The first-order valence-corrected chi connectivity index (χ1v) is 12.1. The zero-order valence-corrected chi connectivity index (χ0v) is 18.1. The van der Waals surface area contributed by atoms with Gasteiger partial charge in [0.05, 0.1) is 0 Å². The highest BCUT2D eigenvalue weighted by Crippen LogP contribution is 2.42. The number of benzene rings is 1. The van der Waals surface area contributed by atoms with Crippen LogP contribution in [-0.4, -0.2) is 33.0 Å². The lowest BCUT2D eigenvalue weighted by atomic mass is 10.0. The van der Waals surface area contributed by atoms with Crippen LogP contribution in [0.2, 0.25) is 18.1 Å². The monoisotopic (exact) mass is 390 g/mol. The Bertz CT molecular complexity index is 754. The SMILES string of the molecule is CN(Cc1ccc2c(c1)[C@H](N=[N+]=N)[C@@H](CO[Si](C)(C)C(C)(C)C)C2)C(=O)[O-]. The fourth-order valence-corrected chi connectivity index (χ4v) is 4.15. The smallest absolute Gasteiger partial charge is 0.214 e. The van der Waals surface area contributed by atoms with Crippen LogP contribution in [0.15, 0.2) is 23.3 Å². The lowest BCUT2D eigenvalue weighted by molar-refractivity contribution is -0.264. The molecule has 1 amide bonds. The second-order valence-corrected chi connectivity index (χ2v) is 13.7. The Balaban J connectivity index is 2.20. The van der Waals surface area contributed by atoms with Gasteiger partial charge < -0.3 is 19.2 Å². The van der Waals surface area contributed by atoms with E-state index in [0.717, 1.165) is 28.0 Å². The van der Waals surface area contributed by atoms with Gasteiger partial charge in [0, 0.05) is 26.1 Å². The Morgan fingerprint density at radius 3 is 2.67 bits per heavy atom. The van der Waals surface area contributed by atoms with Crippen LogP contribution >= 0.6 is 0 Å². The molecular formula is C19H30N4O3Si. The Kier molecular flexibility index (Phi) is 6.24. The first-order valence-electron chi connectivity index (χ1n) is 9.20. The molecule has 0 aromatic heterocycles. The fourth-order valence-electron chi connectivity index (χ4n) is 3.09. The van der Waals surface area contributed by atoms with Crippen LogP contribution in [-0.2, 0) is 17.4 Å². The molecule has 0 spiro atoms. The van der Waals surface area contributed by atoms with Crippen LogP contribution in [0, 0.1) is 11.4 Å². The minimum atomic E-state index is -1.87. The summed E-state index contributed by atoms with van der Waals surface area (Å²) in [5.74, 6) is 0.136. The van der Waals surface area contributed by atoms with Crippen molar-refractivity contribution >= 4 is 14.4 Å². The first-order chi connectivity index (χ1) is 12.5. The lowest BCUT2D eigenvalue weighted by Crippen LogP contribution is -2.42. The summed E-state index contributed by atoms with van der Waals surface area (Å²) in [6, 6.07) is 5.70. The summed E-state index contributed by atoms with van der Waals surface area (Å²) in [7, 11) is -0.386. The molecule has 27 heavy (non-hydrogen) atoms. The van der Waals surface area contributed by atoms with E-state index in [1.807, 2.05) is 18.2 Å².